The van der Waals surface area contributed by atoms with Gasteiger partial charge in [0, 0.05) is 66.1 Å². The maximum Gasteiger partial charge on any atom is 1.00 e. The summed E-state index contributed by atoms with van der Waals surface area (Å²) < 4.78 is 70.5. The molecule has 1 heterocycles. The van der Waals surface area contributed by atoms with Crippen LogP contribution in [0.4, 0.5) is 22.0 Å². The summed E-state index contributed by atoms with van der Waals surface area (Å²) in [7, 11) is 0. The Morgan fingerprint density at radius 3 is 1.13 bits per heavy atom. The number of carbonyl (C=O) groups is 2. The van der Waals surface area contributed by atoms with Gasteiger partial charge >= 0.3 is 37.7 Å². The number of hydrogen-bond donors (Lipinski definition) is 2. The van der Waals surface area contributed by atoms with Gasteiger partial charge in [0.15, 0.2) is 11.6 Å². The van der Waals surface area contributed by atoms with Crippen molar-refractivity contribution in [2.75, 3.05) is 13.2 Å². The number of carbonyl (C=O) groups excluding carboxylic acids is 2. The van der Waals surface area contributed by atoms with Crippen molar-refractivity contribution in [1.29, 1.82) is 0 Å². The molecule has 0 radical (unpaired) electrons. The van der Waals surface area contributed by atoms with Crippen LogP contribution in [0.1, 0.15) is 78.1 Å². The smallest absolute Gasteiger partial charge is 0.381 e. The van der Waals surface area contributed by atoms with Crippen molar-refractivity contribution >= 4 is 59.4 Å². The average molecular weight is 1220 g/mol. The van der Waals surface area contributed by atoms with Crippen molar-refractivity contribution in [3.63, 3.8) is 0 Å². The maximum absolute atomic E-state index is 13.7. The van der Waals surface area contributed by atoms with Gasteiger partial charge in [-0.15, -0.1) is 24.3 Å². The zero-order valence-electron chi connectivity index (χ0n) is 41.6. The minimum Gasteiger partial charge on any atom is -0.381 e. The van der Waals surface area contributed by atoms with Crippen LogP contribution in [0, 0.1) is 41.2 Å². The van der Waals surface area contributed by atoms with Crippen LogP contribution >= 0.6 is 47.8 Å². The molecule has 0 saturated carbocycles. The van der Waals surface area contributed by atoms with Crippen molar-refractivity contribution in [2.45, 2.75) is 24.0 Å². The molecule has 0 amide bonds. The summed E-state index contributed by atoms with van der Waals surface area (Å²) >= 11 is 9.96. The molecule has 15 heteroatoms. The minimum atomic E-state index is -1.63. The van der Waals surface area contributed by atoms with E-state index in [-0.39, 0.29) is 66.7 Å². The molecule has 380 valence electrons. The second-order valence-electron chi connectivity index (χ2n) is 16.8. The first-order chi connectivity index (χ1) is 36.1. The van der Waals surface area contributed by atoms with Gasteiger partial charge in [-0.05, 0) is 120 Å². The molecular weight excluding hydrogens is 1170 g/mol. The summed E-state index contributed by atoms with van der Waals surface area (Å²) in [5.41, 5.74) is 1.51. The van der Waals surface area contributed by atoms with Crippen LogP contribution in [-0.2, 0) is 15.9 Å². The Kier molecular flexibility index (Phi) is 23.8. The number of fused-ring (bicyclic) bond motifs is 4. The summed E-state index contributed by atoms with van der Waals surface area (Å²) in [5.74, 6) is -1.60. The quantitative estimate of drug-likeness (QED) is 0.103. The van der Waals surface area contributed by atoms with Crippen molar-refractivity contribution < 1.29 is 84.2 Å². The van der Waals surface area contributed by atoms with Crippen LogP contribution in [0.3, 0.4) is 0 Å². The molecular formula is C62H44Br3F5Li2O5. The van der Waals surface area contributed by atoms with Gasteiger partial charge in [-0.2, -0.15) is 36.4 Å². The molecule has 5 nitrogen and oxygen atoms in total. The van der Waals surface area contributed by atoms with Gasteiger partial charge in [0.2, 0.25) is 0 Å². The Bertz CT molecular complexity index is 3290. The van der Waals surface area contributed by atoms with Gasteiger partial charge in [-0.25, -0.2) is 22.0 Å². The molecule has 2 aliphatic carbocycles. The fourth-order valence-corrected chi connectivity index (χ4v) is 9.27. The molecule has 0 bridgehead atoms. The first-order valence-electron chi connectivity index (χ1n) is 23.2. The third-order valence-electron chi connectivity index (χ3n) is 11.9. The predicted octanol–water partition coefficient (Wildman–Crippen LogP) is 9.48. The standard InChI is InChI=1S/C26H17BrF2O2.C14H7BrO2.C6H4BrF.2C6H4F.C4H8O.2Li/c27-18-9-14-23-24(15-18)26(31,17-7-12-20(29)13-8-17)22-4-2-1-3-21(22)25(23,30)16-5-10-19(28)11-6-16;15-8-5-6-11-12(7-8)14(17)10-4-2-1-3-9(10)13(11)16;7-5-1-3-6(8)4-2-5;2*7-6-4-2-1-3-5-6;1-2-4-5-3-1;;/h1-15,30-31H;1-7H;1-4H;2*2-5H;1-4H2;;/q;;;2*-1;;2*+1. The van der Waals surface area contributed by atoms with E-state index in [0.717, 1.165) is 22.2 Å². The molecule has 2 unspecified atom stereocenters. The Morgan fingerprint density at radius 1 is 0.390 bits per heavy atom. The van der Waals surface area contributed by atoms with Crippen LogP contribution < -0.4 is 37.7 Å². The zero-order chi connectivity index (χ0) is 53.5. The second kappa shape index (κ2) is 29.5. The Hall–Kier alpha value is -5.52. The van der Waals surface area contributed by atoms with E-state index in [1.54, 1.807) is 121 Å². The van der Waals surface area contributed by atoms with Crippen molar-refractivity contribution in [2.24, 2.45) is 0 Å². The number of hydrogen-bond acceptors (Lipinski definition) is 5. The summed E-state index contributed by atoms with van der Waals surface area (Å²) in [4.78, 5) is 24.4. The van der Waals surface area contributed by atoms with Crippen LogP contribution in [-0.4, -0.2) is 35.0 Å². The van der Waals surface area contributed by atoms with Crippen molar-refractivity contribution in [1.82, 2.24) is 0 Å². The van der Waals surface area contributed by atoms with E-state index in [1.807, 2.05) is 0 Å². The second-order valence-corrected chi connectivity index (χ2v) is 19.5. The molecule has 77 heavy (non-hydrogen) atoms. The summed E-state index contributed by atoms with van der Waals surface area (Å²) in [5, 5.41) is 24.3. The first-order valence-corrected chi connectivity index (χ1v) is 25.6. The molecule has 2 N–H and O–H groups in total. The van der Waals surface area contributed by atoms with Gasteiger partial charge < -0.3 is 14.9 Å². The predicted molar refractivity (Wildman–Crippen MR) is 290 cm³/mol. The van der Waals surface area contributed by atoms with Gasteiger partial charge in [-0.1, -0.05) is 127 Å². The zero-order valence-corrected chi connectivity index (χ0v) is 46.4. The van der Waals surface area contributed by atoms with Crippen molar-refractivity contribution in [3.05, 3.63) is 317 Å². The first kappa shape index (κ1) is 62.3. The molecule has 1 fully saturated rings. The summed E-state index contributed by atoms with van der Waals surface area (Å²) in [6.45, 7) is 2.00. The molecule has 12 rings (SSSR count). The monoisotopic (exact) mass is 1210 g/mol. The van der Waals surface area contributed by atoms with Crippen LogP contribution in [0.5, 0.6) is 0 Å². The fraction of sp³-hybridized carbons (Fsp3) is 0.0968. The van der Waals surface area contributed by atoms with Gasteiger partial charge in [0.05, 0.1) is 0 Å². The SMILES string of the molecule is C1CCOC1.Fc1cc[c-]cc1.Fc1cc[c-]cc1.Fc1ccc(Br)cc1.O=C1c2ccccc2C(=O)c2cc(Br)ccc21.OC1(c2ccc(F)cc2)c2ccccc2C(O)(c2ccc(F)cc2)c2cc(Br)ccc21.[Li+].[Li+]. The third-order valence-corrected chi connectivity index (χ3v) is 13.4. The van der Waals surface area contributed by atoms with E-state index in [9.17, 15) is 41.8 Å². The number of halogens is 8. The number of rotatable bonds is 2. The fourth-order valence-electron chi connectivity index (χ4n) is 8.28. The Labute approximate surface area is 493 Å². The van der Waals surface area contributed by atoms with Gasteiger partial charge in [-0.3, -0.25) is 9.59 Å². The number of ether oxygens (including phenoxy) is 1. The third kappa shape index (κ3) is 15.6. The molecule has 9 aromatic carbocycles. The van der Waals surface area contributed by atoms with E-state index in [2.05, 4.69) is 59.9 Å². The van der Waals surface area contributed by atoms with Crippen LogP contribution in [0.15, 0.2) is 220 Å². The maximum atomic E-state index is 13.7. The molecule has 0 aromatic heterocycles. The van der Waals surface area contributed by atoms with Crippen molar-refractivity contribution in [3.8, 4) is 0 Å². The minimum absolute atomic E-state index is 0. The normalized spacial score (nSPS) is 15.9. The van der Waals surface area contributed by atoms with Gasteiger partial charge in [0.25, 0.3) is 0 Å². The Morgan fingerprint density at radius 2 is 0.727 bits per heavy atom. The Balaban J connectivity index is 0.000000197. The molecule has 9 aromatic rings. The van der Waals surface area contributed by atoms with Crippen LogP contribution in [0.2, 0.25) is 0 Å². The largest absolute Gasteiger partial charge is 1.00 e. The molecule has 1 saturated heterocycles. The van der Waals surface area contributed by atoms with Crippen LogP contribution in [0.25, 0.3) is 0 Å². The number of ketones is 2. The van der Waals surface area contributed by atoms with Gasteiger partial charge in [0.1, 0.15) is 28.7 Å². The number of benzene rings is 9. The molecule has 3 aliphatic rings. The molecule has 2 atom stereocenters. The number of aliphatic hydroxyl groups is 2. The van der Waals surface area contributed by atoms with E-state index >= 15 is 0 Å². The van der Waals surface area contributed by atoms with E-state index < -0.39 is 22.8 Å². The van der Waals surface area contributed by atoms with E-state index in [1.165, 1.54) is 97.8 Å². The topological polar surface area (TPSA) is 83.8 Å². The van der Waals surface area contributed by atoms with E-state index in [0.29, 0.717) is 60.1 Å². The molecule has 0 spiro atoms. The molecule has 1 aliphatic heterocycles. The summed E-state index contributed by atoms with van der Waals surface area (Å²) in [6.07, 6.45) is 2.56. The summed E-state index contributed by atoms with van der Waals surface area (Å²) in [6, 6.07) is 58.9. The van der Waals surface area contributed by atoms with E-state index in [4.69, 9.17) is 4.74 Å². The average Bonchev–Trinajstić information content (AvgIpc) is 4.12.